The molecule has 35 nitrogen and oxygen atoms in total. The molecule has 0 aliphatic rings. The Balaban J connectivity index is 0.000000169. The van der Waals surface area contributed by atoms with E-state index in [-0.39, 0.29) is 48.1 Å². The number of hydrogen-bond acceptors (Lipinski definition) is 25. The van der Waals surface area contributed by atoms with E-state index in [1.165, 1.54) is 91.7 Å². The predicted octanol–water partition coefficient (Wildman–Crippen LogP) is 26.1. The fourth-order valence-corrected chi connectivity index (χ4v) is 17.3. The molecule has 15 aromatic rings. The van der Waals surface area contributed by atoms with Crippen molar-refractivity contribution in [2.75, 3.05) is 0 Å². The van der Waals surface area contributed by atoms with Crippen molar-refractivity contribution in [2.24, 2.45) is 31.7 Å². The van der Waals surface area contributed by atoms with Gasteiger partial charge in [0.1, 0.15) is 0 Å². The minimum absolute atomic E-state index is 0.0540. The van der Waals surface area contributed by atoms with Crippen LogP contribution in [0.5, 0.6) is 0 Å². The minimum Gasteiger partial charge on any atom is -0.341 e. The number of nitro groups is 5. The molecule has 0 amide bonds. The Bertz CT molecular complexity index is 7470. The fraction of sp³-hybridized carbons (Fsp3) is 0.340. The number of carbonyl (C=O) groups is 5. The van der Waals surface area contributed by atoms with Crippen LogP contribution in [0, 0.1) is 56.5 Å². The van der Waals surface area contributed by atoms with Crippen LogP contribution < -0.4 is 0 Å². The Hall–Kier alpha value is -16.1. The van der Waals surface area contributed by atoms with Crippen molar-refractivity contribution in [1.82, 2.24) is 22.8 Å². The summed E-state index contributed by atoms with van der Waals surface area (Å²) in [4.78, 5) is 133. The number of aryl methyl sites for hydroxylation is 4. The van der Waals surface area contributed by atoms with Gasteiger partial charge in [0.25, 0.3) is 28.4 Å². The molecule has 35 heteroatoms. The van der Waals surface area contributed by atoms with Gasteiger partial charge in [-0.1, -0.05) is 155 Å². The van der Waals surface area contributed by atoms with Crippen LogP contribution in [-0.4, -0.2) is 106 Å². The van der Waals surface area contributed by atoms with Gasteiger partial charge in [-0.2, -0.15) is 0 Å². The molecule has 10 aromatic carbocycles. The van der Waals surface area contributed by atoms with Crippen LogP contribution in [0.4, 0.5) is 28.4 Å². The first-order chi connectivity index (χ1) is 67.5. The van der Waals surface area contributed by atoms with Crippen molar-refractivity contribution < 1.29 is 72.8 Å². The molecule has 1 unspecified atom stereocenters. The van der Waals surface area contributed by atoms with Gasteiger partial charge in [-0.05, 0) is 192 Å². The van der Waals surface area contributed by atoms with Crippen LogP contribution in [0.3, 0.4) is 0 Å². The zero-order chi connectivity index (χ0) is 102. The first-order valence-electron chi connectivity index (χ1n) is 47.2. The molecule has 5 heterocycles. The van der Waals surface area contributed by atoms with Crippen molar-refractivity contribution in [1.29, 1.82) is 0 Å². The molecule has 1 atom stereocenters. The van der Waals surface area contributed by atoms with Crippen LogP contribution >= 0.6 is 0 Å². The lowest BCUT2D eigenvalue weighted by atomic mass is 9.99. The first-order valence-corrected chi connectivity index (χ1v) is 47.2. The summed E-state index contributed by atoms with van der Waals surface area (Å²) >= 11 is 0. The van der Waals surface area contributed by atoms with Gasteiger partial charge in [0.05, 0.1) is 53.2 Å². The highest BCUT2D eigenvalue weighted by molar-refractivity contribution is 6.17. The number of benzene rings is 10. The van der Waals surface area contributed by atoms with E-state index in [0.717, 1.165) is 215 Å². The summed E-state index contributed by atoms with van der Waals surface area (Å²) in [6.07, 6.45) is 16.1. The lowest BCUT2D eigenvalue weighted by molar-refractivity contribution is -0.384. The van der Waals surface area contributed by atoms with Gasteiger partial charge in [-0.25, -0.2) is 24.0 Å². The van der Waals surface area contributed by atoms with Crippen LogP contribution in [0.15, 0.2) is 208 Å². The smallest absolute Gasteiger partial charge is 0.331 e. The number of aromatic nitrogens is 5. The lowest BCUT2D eigenvalue weighted by Crippen LogP contribution is -2.10. The molecule has 0 aliphatic carbocycles. The van der Waals surface area contributed by atoms with E-state index < -0.39 is 34.8 Å². The zero-order valence-electron chi connectivity index (χ0n) is 82.2. The largest absolute Gasteiger partial charge is 0.341 e. The molecule has 5 aromatic heterocycles. The second-order valence-corrected chi connectivity index (χ2v) is 34.5. The van der Waals surface area contributed by atoms with Crippen LogP contribution in [0.1, 0.15) is 228 Å². The Morgan fingerprint density at radius 2 is 0.475 bits per heavy atom. The van der Waals surface area contributed by atoms with Crippen molar-refractivity contribution in [3.8, 4) is 0 Å². The molecule has 0 bridgehead atoms. The predicted molar refractivity (Wildman–Crippen MR) is 553 cm³/mol. The van der Waals surface area contributed by atoms with Crippen molar-refractivity contribution in [3.63, 3.8) is 0 Å². The summed E-state index contributed by atoms with van der Waals surface area (Å²) in [5.41, 5.74) is 17.1. The quantitative estimate of drug-likeness (QED) is 0.0117. The van der Waals surface area contributed by atoms with E-state index >= 15 is 0 Å². The van der Waals surface area contributed by atoms with Gasteiger partial charge in [0, 0.05) is 237 Å². The van der Waals surface area contributed by atoms with Crippen LogP contribution in [-0.2, 0) is 80.9 Å². The van der Waals surface area contributed by atoms with E-state index in [9.17, 15) is 74.5 Å². The first kappa shape index (κ1) is 105. The molecule has 0 spiro atoms. The normalized spacial score (nSPS) is 12.1. The highest BCUT2D eigenvalue weighted by atomic mass is 16.7. The van der Waals surface area contributed by atoms with Gasteiger partial charge in [-0.15, -0.1) is 0 Å². The van der Waals surface area contributed by atoms with Gasteiger partial charge in [-0.3, -0.25) is 50.6 Å². The summed E-state index contributed by atoms with van der Waals surface area (Å²) in [6.45, 7) is 32.3. The number of hydrogen-bond donors (Lipinski definition) is 0. The average molecular weight is 1920 g/mol. The maximum atomic E-state index is 11.4. The van der Waals surface area contributed by atoms with E-state index in [0.29, 0.717) is 34.5 Å². The molecule has 736 valence electrons. The van der Waals surface area contributed by atoms with Crippen molar-refractivity contribution in [3.05, 3.63) is 260 Å². The van der Waals surface area contributed by atoms with Crippen LogP contribution in [0.25, 0.3) is 109 Å². The summed E-state index contributed by atoms with van der Waals surface area (Å²) in [5, 5.41) is 84.2. The van der Waals surface area contributed by atoms with Crippen molar-refractivity contribution in [2.45, 2.75) is 233 Å². The maximum Gasteiger partial charge on any atom is 0.331 e. The molecule has 141 heavy (non-hydrogen) atoms. The molecule has 0 fully saturated rings. The van der Waals surface area contributed by atoms with Gasteiger partial charge >= 0.3 is 29.8 Å². The molecule has 0 aliphatic heterocycles. The average Bonchev–Trinajstić information content (AvgIpc) is 1.68. The molecule has 0 N–H and O–H groups in total. The highest BCUT2D eigenvalue weighted by Gasteiger charge is 2.25. The van der Waals surface area contributed by atoms with Gasteiger partial charge < -0.3 is 47.0 Å². The summed E-state index contributed by atoms with van der Waals surface area (Å²) in [7, 11) is 0. The number of nitro benzene ring substituents is 5. The van der Waals surface area contributed by atoms with E-state index in [1.54, 1.807) is 95.3 Å². The maximum absolute atomic E-state index is 11.4. The molecular weight excluding hydrogens is 1800 g/mol. The molecule has 15 rings (SSSR count). The second-order valence-electron chi connectivity index (χ2n) is 34.5. The Labute approximate surface area is 812 Å². The molecule has 0 saturated heterocycles. The number of non-ortho nitro benzene ring substituents is 5. The van der Waals surface area contributed by atoms with E-state index in [4.69, 9.17) is 19.4 Å². The summed E-state index contributed by atoms with van der Waals surface area (Å²) < 4.78 is 11.0. The third-order valence-corrected chi connectivity index (χ3v) is 24.4. The molecule has 0 saturated carbocycles. The van der Waals surface area contributed by atoms with E-state index in [2.05, 4.69) is 88.1 Å². The SMILES string of the molecule is CCCCC(CC)Cn1c2ccc(/C(C)=N/OC(C)=O)cc2c2cc([N+](=O)[O-])ccc21.CCCCCCCCn1c2ccc(/C(C)=N/OC(C)=O)cc2c2cc([N+](=O)[O-])ccc21.CCCCCn1c2ccc(/C(C)=N/OC(C)=O)cc2c2cc([N+](=O)[O-])ccc21.CCCn1c2ccc(/C(C)=N/OC(C)=O)cc2c2cc([N+](=O)[O-])ccc21.CCn1c2ccc(/C(C)=N/OC(C)=O)cc2c2cc([N+](=O)[O-])ccc21. The monoisotopic (exact) mass is 1920 g/mol. The minimum atomic E-state index is -0.487. The second kappa shape index (κ2) is 48.8. The number of nitrogens with zero attached hydrogens (tertiary/aromatic N) is 15. The third kappa shape index (κ3) is 25.8. The van der Waals surface area contributed by atoms with Gasteiger partial charge in [0.15, 0.2) is 0 Å². The highest BCUT2D eigenvalue weighted by Crippen LogP contribution is 2.40. The van der Waals surface area contributed by atoms with Gasteiger partial charge in [0.2, 0.25) is 0 Å². The molecular formula is C106H117N15O20. The fourth-order valence-electron chi connectivity index (χ4n) is 17.3. The third-order valence-electron chi connectivity index (χ3n) is 24.4. The standard InChI is InChI=1S/2C24H29N3O4.C21H23N3O4.C19H19N3O4.C18H17N3O4/c1-5-7-8-18(6-2)15-26-23-11-9-19(16(3)25-31-17(4)28)13-21(23)22-14-20(27(29)30)10-12-24(22)26;1-4-5-6-7-8-9-14-26-23-12-10-19(17(2)25-31-18(3)28)15-21(23)22-16-20(27(29)30)11-13-24(22)26;1-4-5-6-11-23-20-9-7-16(14(2)22-28-15(3)25)12-18(20)19-13-17(24(26)27)8-10-21(19)23;1-4-9-21-18-7-5-14(12(2)20-26-13(3)23)10-16(18)17-11-15(22(24)25)6-8-19(17)21;1-4-20-17-7-5-13(11(2)19-25-12(3)22)9-15(17)16-10-14(21(23)24)6-8-18(16)20/h9-14,18H,5-8,15H2,1-4H3;10-13,15-16H,4-9,14H2,1-3H3;7-10,12-13H,4-6,11H2,1-3H3;5-8,10-11H,4,9H2,1-3H3;5-10H,4H2,1-3H3/b25-16+;25-17+;22-14+;20-12+;19-11+. The Morgan fingerprint density at radius 1 is 0.262 bits per heavy atom. The number of rotatable bonds is 35. The number of fused-ring (bicyclic) bond motifs is 15. The summed E-state index contributed by atoms with van der Waals surface area (Å²) in [6, 6.07) is 54.2. The zero-order valence-corrected chi connectivity index (χ0v) is 82.2. The molecule has 0 radical (unpaired) electrons. The topological polar surface area (TPSA) is 434 Å². The lowest BCUT2D eigenvalue weighted by Gasteiger charge is -2.17. The Kier molecular flexibility index (Phi) is 36.4. The summed E-state index contributed by atoms with van der Waals surface area (Å²) in [5.74, 6) is -1.87. The van der Waals surface area contributed by atoms with Crippen molar-refractivity contribution >= 4 is 196 Å². The number of carbonyl (C=O) groups excluding carboxylic acids is 5. The number of oxime groups is 5. The van der Waals surface area contributed by atoms with E-state index in [1.807, 2.05) is 116 Å². The number of unbranched alkanes of at least 4 members (excludes halogenated alkanes) is 8. The Morgan fingerprint density at radius 3 is 0.709 bits per heavy atom. The van der Waals surface area contributed by atoms with Crippen LogP contribution in [0.2, 0.25) is 0 Å².